The van der Waals surface area contributed by atoms with Crippen molar-refractivity contribution < 1.29 is 9.59 Å². The molecule has 2 N–H and O–H groups in total. The van der Waals surface area contributed by atoms with Crippen molar-refractivity contribution in [3.05, 3.63) is 63.4 Å². The molecule has 2 aliphatic rings. The molecule has 1 unspecified atom stereocenters. The predicted molar refractivity (Wildman–Crippen MR) is 127 cm³/mol. The number of Topliss-reactive ketones (excluding diaryl/α,β-unsaturated/α-hetero) is 1. The highest BCUT2D eigenvalue weighted by atomic mass is 32.2. The number of thioether (sulfide) groups is 1. The second kappa shape index (κ2) is 9.40. The molecule has 7 heteroatoms. The Morgan fingerprint density at radius 2 is 2.16 bits per heavy atom. The summed E-state index contributed by atoms with van der Waals surface area (Å²) >= 11 is 3.57. The number of hydrogen-bond donors (Lipinski definition) is 2. The molecule has 0 aromatic carbocycles. The molecule has 0 saturated carbocycles. The van der Waals surface area contributed by atoms with Gasteiger partial charge in [-0.1, -0.05) is 19.9 Å². The molecule has 1 aliphatic heterocycles. The number of thiophene rings is 1. The van der Waals surface area contributed by atoms with Crippen molar-refractivity contribution in [1.82, 2.24) is 10.3 Å². The van der Waals surface area contributed by atoms with Gasteiger partial charge in [0.2, 0.25) is 0 Å². The lowest BCUT2D eigenvalue weighted by atomic mass is 9.75. The van der Waals surface area contributed by atoms with Crippen molar-refractivity contribution >= 4 is 40.6 Å². The number of pyridine rings is 1. The van der Waals surface area contributed by atoms with Crippen LogP contribution in [0.25, 0.3) is 0 Å². The van der Waals surface area contributed by atoms with Gasteiger partial charge in [0, 0.05) is 46.0 Å². The van der Waals surface area contributed by atoms with E-state index in [0.717, 1.165) is 47.5 Å². The van der Waals surface area contributed by atoms with Crippen LogP contribution in [0.5, 0.6) is 0 Å². The number of aromatic nitrogens is 1. The van der Waals surface area contributed by atoms with E-state index in [9.17, 15) is 9.59 Å². The number of rotatable bonds is 6. The maximum atomic E-state index is 13.5. The van der Waals surface area contributed by atoms with Crippen molar-refractivity contribution in [3.8, 4) is 0 Å². The number of nitrogens with one attached hydrogen (secondary N) is 2. The zero-order valence-electron chi connectivity index (χ0n) is 18.1. The Morgan fingerprint density at radius 1 is 1.32 bits per heavy atom. The molecule has 4 rings (SSSR count). The molecule has 0 radical (unpaired) electrons. The molecular formula is C24H27N3O2S2. The van der Waals surface area contributed by atoms with Crippen LogP contribution in [0.4, 0.5) is 5.82 Å². The van der Waals surface area contributed by atoms with Crippen LogP contribution in [0.3, 0.4) is 0 Å². The second-order valence-corrected chi connectivity index (χ2v) is 10.3. The summed E-state index contributed by atoms with van der Waals surface area (Å²) < 4.78 is 1.20. The van der Waals surface area contributed by atoms with Crippen LogP contribution >= 0.6 is 23.1 Å². The van der Waals surface area contributed by atoms with Crippen LogP contribution in [0, 0.1) is 0 Å². The molecule has 162 valence electrons. The van der Waals surface area contributed by atoms with Crippen LogP contribution in [0.2, 0.25) is 0 Å². The van der Waals surface area contributed by atoms with E-state index in [1.165, 1.54) is 9.09 Å². The molecule has 2 aromatic heterocycles. The van der Waals surface area contributed by atoms with Gasteiger partial charge < -0.3 is 10.6 Å². The number of aryl methyl sites for hydroxylation is 1. The molecule has 1 aliphatic carbocycles. The van der Waals surface area contributed by atoms with Gasteiger partial charge in [-0.3, -0.25) is 9.59 Å². The van der Waals surface area contributed by atoms with E-state index in [1.54, 1.807) is 35.4 Å². The zero-order valence-corrected chi connectivity index (χ0v) is 19.7. The van der Waals surface area contributed by atoms with Crippen molar-refractivity contribution in [2.24, 2.45) is 0 Å². The topological polar surface area (TPSA) is 71.1 Å². The van der Waals surface area contributed by atoms with E-state index in [0.29, 0.717) is 17.8 Å². The van der Waals surface area contributed by atoms with Crippen molar-refractivity contribution in [1.29, 1.82) is 0 Å². The van der Waals surface area contributed by atoms with E-state index in [2.05, 4.69) is 35.5 Å². The molecule has 0 bridgehead atoms. The van der Waals surface area contributed by atoms with Crippen LogP contribution in [0.15, 0.2) is 57.2 Å². The number of nitrogens with zero attached hydrogens (tertiary/aromatic N) is 1. The largest absolute Gasteiger partial charge is 0.362 e. The van der Waals surface area contributed by atoms with E-state index < -0.39 is 0 Å². The third kappa shape index (κ3) is 4.34. The minimum Gasteiger partial charge on any atom is -0.362 e. The van der Waals surface area contributed by atoms with Gasteiger partial charge in [0.15, 0.2) is 5.78 Å². The second-order valence-electron chi connectivity index (χ2n) is 7.68. The molecule has 31 heavy (non-hydrogen) atoms. The number of carbonyl (C=O) groups excluding carboxylic acids is 2. The van der Waals surface area contributed by atoms with Crippen molar-refractivity contribution in [2.75, 3.05) is 11.1 Å². The van der Waals surface area contributed by atoms with E-state index in [1.807, 2.05) is 19.1 Å². The Kier molecular flexibility index (Phi) is 6.62. The number of hydrogen-bond acceptors (Lipinski definition) is 6. The summed E-state index contributed by atoms with van der Waals surface area (Å²) in [7, 11) is 0. The molecule has 2 aromatic rings. The summed E-state index contributed by atoms with van der Waals surface area (Å²) in [6, 6.07) is 7.63. The Morgan fingerprint density at radius 3 is 2.87 bits per heavy atom. The van der Waals surface area contributed by atoms with Gasteiger partial charge in [-0.05, 0) is 55.7 Å². The first kappa shape index (κ1) is 21.8. The molecule has 0 saturated heterocycles. The Hall–Kier alpha value is -2.38. The lowest BCUT2D eigenvalue weighted by molar-refractivity contribution is -0.116. The van der Waals surface area contributed by atoms with E-state index in [4.69, 9.17) is 0 Å². The fourth-order valence-electron chi connectivity index (χ4n) is 4.27. The van der Waals surface area contributed by atoms with Gasteiger partial charge in [-0.2, -0.15) is 0 Å². The zero-order chi connectivity index (χ0) is 22.0. The Balaban J connectivity index is 1.84. The summed E-state index contributed by atoms with van der Waals surface area (Å²) in [6.07, 6.45) is 4.81. The fraction of sp³-hybridized carbons (Fsp3) is 0.375. The standard InChI is InChI=1S/C24H27N3O2S2/c1-4-15-13-16(24(31-15)30-5-2)21-20(23(29)27-19-11-6-7-12-25-19)14(3)26-17-9-8-10-18(28)22(17)21/h6-7,11-13,21,26H,4-5,8-10H2,1-3H3,(H,25,27,29). The maximum absolute atomic E-state index is 13.5. The fourth-order valence-corrected chi connectivity index (χ4v) is 6.65. The van der Waals surface area contributed by atoms with E-state index in [-0.39, 0.29) is 17.6 Å². The van der Waals surface area contributed by atoms with Gasteiger partial charge in [-0.25, -0.2) is 4.98 Å². The Labute approximate surface area is 191 Å². The third-order valence-corrected chi connectivity index (χ3v) is 8.12. The van der Waals surface area contributed by atoms with Gasteiger partial charge in [0.1, 0.15) is 5.82 Å². The quantitative estimate of drug-likeness (QED) is 0.571. The highest BCUT2D eigenvalue weighted by Gasteiger charge is 2.40. The summed E-state index contributed by atoms with van der Waals surface area (Å²) in [4.78, 5) is 32.1. The average Bonchev–Trinajstić information content (AvgIpc) is 3.16. The molecule has 3 heterocycles. The normalized spacial score (nSPS) is 18.7. The SMILES string of the molecule is CCSc1sc(CC)cc1C1C(C(=O)Nc2ccccn2)=C(C)NC2=C1C(=O)CCC2. The number of allylic oxidation sites excluding steroid dienone is 3. The smallest absolute Gasteiger partial charge is 0.255 e. The predicted octanol–water partition coefficient (Wildman–Crippen LogP) is 5.42. The molecular weight excluding hydrogens is 426 g/mol. The summed E-state index contributed by atoms with van der Waals surface area (Å²) in [5, 5.41) is 6.33. The molecule has 0 spiro atoms. The highest BCUT2D eigenvalue weighted by molar-refractivity contribution is 8.01. The summed E-state index contributed by atoms with van der Waals surface area (Å²) in [6.45, 7) is 6.21. The number of dihydropyridines is 1. The van der Waals surface area contributed by atoms with Gasteiger partial charge >= 0.3 is 0 Å². The van der Waals surface area contributed by atoms with Gasteiger partial charge in [-0.15, -0.1) is 23.1 Å². The maximum Gasteiger partial charge on any atom is 0.255 e. The monoisotopic (exact) mass is 453 g/mol. The number of amides is 1. The molecule has 1 atom stereocenters. The van der Waals surface area contributed by atoms with Crippen LogP contribution in [-0.4, -0.2) is 22.4 Å². The van der Waals surface area contributed by atoms with Crippen molar-refractivity contribution in [3.63, 3.8) is 0 Å². The first-order valence-corrected chi connectivity index (χ1v) is 12.6. The van der Waals surface area contributed by atoms with Crippen molar-refractivity contribution in [2.45, 2.75) is 56.6 Å². The average molecular weight is 454 g/mol. The van der Waals surface area contributed by atoms with E-state index >= 15 is 0 Å². The summed E-state index contributed by atoms with van der Waals surface area (Å²) in [5.74, 6) is 1.03. The van der Waals surface area contributed by atoms with Crippen LogP contribution in [-0.2, 0) is 16.0 Å². The van der Waals surface area contributed by atoms with Crippen LogP contribution < -0.4 is 10.6 Å². The number of carbonyl (C=O) groups is 2. The molecule has 5 nitrogen and oxygen atoms in total. The minimum atomic E-state index is -0.349. The van der Waals surface area contributed by atoms with Gasteiger partial charge in [0.05, 0.1) is 4.21 Å². The first-order valence-electron chi connectivity index (χ1n) is 10.7. The summed E-state index contributed by atoms with van der Waals surface area (Å²) in [5.41, 5.74) is 4.25. The first-order chi connectivity index (χ1) is 15.0. The number of anilines is 1. The third-order valence-electron chi connectivity index (χ3n) is 5.64. The van der Waals surface area contributed by atoms with Gasteiger partial charge in [0.25, 0.3) is 5.91 Å². The lowest BCUT2D eigenvalue weighted by Crippen LogP contribution is -2.35. The number of ketones is 1. The highest BCUT2D eigenvalue weighted by Crippen LogP contribution is 2.47. The van der Waals surface area contributed by atoms with Crippen LogP contribution in [0.1, 0.15) is 56.4 Å². The lowest BCUT2D eigenvalue weighted by Gasteiger charge is -2.34. The minimum absolute atomic E-state index is 0.145. The molecule has 1 amide bonds. The Bertz CT molecular complexity index is 1070. The molecule has 0 fully saturated rings.